The average Bonchev–Trinajstić information content (AvgIpc) is 3.23. The molecular weight excluding hydrogens is 396 g/mol. The highest BCUT2D eigenvalue weighted by Gasteiger charge is 2.23. The summed E-state index contributed by atoms with van der Waals surface area (Å²) < 4.78 is 16.1. The van der Waals surface area contributed by atoms with E-state index >= 15 is 0 Å². The van der Waals surface area contributed by atoms with Crippen LogP contribution in [-0.2, 0) is 23.2 Å². The highest BCUT2D eigenvalue weighted by molar-refractivity contribution is 5.76. The molecule has 0 unspecified atom stereocenters. The lowest BCUT2D eigenvalue weighted by Gasteiger charge is -2.35. The topological polar surface area (TPSA) is 80.9 Å². The van der Waals surface area contributed by atoms with Crippen molar-refractivity contribution in [3.8, 4) is 11.5 Å². The molecule has 1 aliphatic heterocycles. The van der Waals surface area contributed by atoms with Crippen molar-refractivity contribution in [1.29, 1.82) is 0 Å². The number of rotatable bonds is 8. The number of piperazine rings is 1. The third kappa shape index (κ3) is 6.19. The molecule has 8 heteroatoms. The van der Waals surface area contributed by atoms with Crippen molar-refractivity contribution >= 4 is 5.91 Å². The van der Waals surface area contributed by atoms with Gasteiger partial charge in [0.05, 0.1) is 14.2 Å². The SMILES string of the molecule is COc1ccc(OC)c(CN2CCN(C(=O)CCCc3nc(C(C)(C)C)no3)CC2)c1. The van der Waals surface area contributed by atoms with Gasteiger partial charge in [-0.3, -0.25) is 9.69 Å². The molecule has 1 aromatic heterocycles. The first-order valence-electron chi connectivity index (χ1n) is 10.8. The van der Waals surface area contributed by atoms with Gasteiger partial charge in [-0.25, -0.2) is 0 Å². The predicted molar refractivity (Wildman–Crippen MR) is 117 cm³/mol. The molecule has 0 radical (unpaired) electrons. The van der Waals surface area contributed by atoms with Gasteiger partial charge < -0.3 is 18.9 Å². The van der Waals surface area contributed by atoms with Gasteiger partial charge in [0.25, 0.3) is 0 Å². The maximum absolute atomic E-state index is 12.6. The Balaban J connectivity index is 1.43. The van der Waals surface area contributed by atoms with Crippen molar-refractivity contribution < 1.29 is 18.8 Å². The minimum Gasteiger partial charge on any atom is -0.497 e. The first kappa shape index (κ1) is 23.1. The largest absolute Gasteiger partial charge is 0.497 e. The summed E-state index contributed by atoms with van der Waals surface area (Å²) in [5, 5.41) is 4.04. The summed E-state index contributed by atoms with van der Waals surface area (Å²) >= 11 is 0. The number of carbonyl (C=O) groups excluding carboxylic acids is 1. The van der Waals surface area contributed by atoms with E-state index in [4.69, 9.17) is 14.0 Å². The first-order valence-corrected chi connectivity index (χ1v) is 10.8. The normalized spacial score (nSPS) is 15.2. The van der Waals surface area contributed by atoms with Crippen LogP contribution in [0.4, 0.5) is 0 Å². The lowest BCUT2D eigenvalue weighted by molar-refractivity contribution is -0.133. The Bertz CT molecular complexity index is 867. The standard InChI is InChI=1S/C23H34N4O4/c1-23(2,3)22-24-20(31-25-22)7-6-8-21(28)27-13-11-26(12-14-27)16-17-15-18(29-4)9-10-19(17)30-5/h9-10,15H,6-8,11-14,16H2,1-5H3. The summed E-state index contributed by atoms with van der Waals surface area (Å²) in [5.74, 6) is 3.18. The van der Waals surface area contributed by atoms with E-state index in [0.29, 0.717) is 31.0 Å². The molecule has 2 heterocycles. The van der Waals surface area contributed by atoms with Crippen LogP contribution < -0.4 is 9.47 Å². The molecular formula is C23H34N4O4. The van der Waals surface area contributed by atoms with Gasteiger partial charge in [-0.15, -0.1) is 0 Å². The van der Waals surface area contributed by atoms with Crippen molar-refractivity contribution in [1.82, 2.24) is 19.9 Å². The molecule has 8 nitrogen and oxygen atoms in total. The molecule has 0 bridgehead atoms. The van der Waals surface area contributed by atoms with Crippen LogP contribution in [0.15, 0.2) is 22.7 Å². The number of hydrogen-bond acceptors (Lipinski definition) is 7. The number of aryl methyl sites for hydroxylation is 1. The van der Waals surface area contributed by atoms with Crippen LogP contribution in [0.1, 0.15) is 50.9 Å². The van der Waals surface area contributed by atoms with E-state index in [2.05, 4.69) is 35.8 Å². The number of benzene rings is 1. The number of hydrogen-bond donors (Lipinski definition) is 0. The molecule has 0 saturated carbocycles. The smallest absolute Gasteiger partial charge is 0.226 e. The monoisotopic (exact) mass is 430 g/mol. The minimum absolute atomic E-state index is 0.133. The number of amides is 1. The molecule has 0 spiro atoms. The van der Waals surface area contributed by atoms with Crippen molar-refractivity contribution in [2.24, 2.45) is 0 Å². The van der Waals surface area contributed by atoms with Crippen molar-refractivity contribution in [2.45, 2.75) is 52.0 Å². The lowest BCUT2D eigenvalue weighted by Crippen LogP contribution is -2.48. The summed E-state index contributed by atoms with van der Waals surface area (Å²) in [6.07, 6.45) is 1.84. The van der Waals surface area contributed by atoms with Gasteiger partial charge in [0, 0.05) is 56.5 Å². The first-order chi connectivity index (χ1) is 14.8. The fourth-order valence-electron chi connectivity index (χ4n) is 3.61. The van der Waals surface area contributed by atoms with Crippen LogP contribution in [0.25, 0.3) is 0 Å². The van der Waals surface area contributed by atoms with E-state index in [1.165, 1.54) is 0 Å². The summed E-state index contributed by atoms with van der Waals surface area (Å²) in [5.41, 5.74) is 0.961. The minimum atomic E-state index is -0.133. The number of nitrogens with zero attached hydrogens (tertiary/aromatic N) is 4. The molecule has 31 heavy (non-hydrogen) atoms. The summed E-state index contributed by atoms with van der Waals surface area (Å²) in [7, 11) is 3.35. The average molecular weight is 431 g/mol. The second-order valence-electron chi connectivity index (χ2n) is 8.95. The maximum atomic E-state index is 12.6. The van der Waals surface area contributed by atoms with Crippen LogP contribution in [-0.4, -0.2) is 66.2 Å². The van der Waals surface area contributed by atoms with E-state index in [1.54, 1.807) is 14.2 Å². The zero-order valence-electron chi connectivity index (χ0n) is 19.3. The van der Waals surface area contributed by atoms with Gasteiger partial charge in [0.15, 0.2) is 5.82 Å². The molecule has 0 N–H and O–H groups in total. The number of aromatic nitrogens is 2. The van der Waals surface area contributed by atoms with E-state index in [9.17, 15) is 4.79 Å². The molecule has 1 aromatic carbocycles. The Morgan fingerprint density at radius 1 is 1.13 bits per heavy atom. The molecule has 2 aromatic rings. The molecule has 1 saturated heterocycles. The Hall–Kier alpha value is -2.61. The van der Waals surface area contributed by atoms with Gasteiger partial charge >= 0.3 is 0 Å². The molecule has 0 aliphatic carbocycles. The summed E-state index contributed by atoms with van der Waals surface area (Å²) in [6.45, 7) is 10.1. The molecule has 3 rings (SSSR count). The Morgan fingerprint density at radius 3 is 2.48 bits per heavy atom. The van der Waals surface area contributed by atoms with Gasteiger partial charge in [0.1, 0.15) is 11.5 Å². The Morgan fingerprint density at radius 2 is 1.87 bits per heavy atom. The highest BCUT2D eigenvalue weighted by Crippen LogP contribution is 2.26. The zero-order valence-corrected chi connectivity index (χ0v) is 19.3. The van der Waals surface area contributed by atoms with Crippen LogP contribution in [0.2, 0.25) is 0 Å². The van der Waals surface area contributed by atoms with Gasteiger partial charge in [-0.2, -0.15) is 4.98 Å². The Labute approximate surface area is 184 Å². The third-order valence-corrected chi connectivity index (χ3v) is 5.53. The van der Waals surface area contributed by atoms with E-state index in [-0.39, 0.29) is 11.3 Å². The fourth-order valence-corrected chi connectivity index (χ4v) is 3.61. The zero-order chi connectivity index (χ0) is 22.4. The third-order valence-electron chi connectivity index (χ3n) is 5.53. The quantitative estimate of drug-likeness (QED) is 0.637. The summed E-state index contributed by atoms with van der Waals surface area (Å²) in [6, 6.07) is 5.85. The van der Waals surface area contributed by atoms with Crippen LogP contribution in [0, 0.1) is 0 Å². The van der Waals surface area contributed by atoms with Crippen LogP contribution in [0.5, 0.6) is 11.5 Å². The molecule has 1 aliphatic rings. The summed E-state index contributed by atoms with van der Waals surface area (Å²) in [4.78, 5) is 21.3. The number of methoxy groups -OCH3 is 2. The molecule has 170 valence electrons. The second-order valence-corrected chi connectivity index (χ2v) is 8.95. The predicted octanol–water partition coefficient (Wildman–Crippen LogP) is 3.05. The van der Waals surface area contributed by atoms with Gasteiger partial charge in [-0.05, 0) is 24.6 Å². The number of carbonyl (C=O) groups is 1. The van der Waals surface area contributed by atoms with Crippen molar-refractivity contribution in [3.05, 3.63) is 35.5 Å². The van der Waals surface area contributed by atoms with Crippen molar-refractivity contribution in [2.75, 3.05) is 40.4 Å². The fraction of sp³-hybridized carbons (Fsp3) is 0.609. The van der Waals surface area contributed by atoms with E-state index in [1.807, 2.05) is 23.1 Å². The Kier molecular flexibility index (Phi) is 7.54. The van der Waals surface area contributed by atoms with E-state index < -0.39 is 0 Å². The second kappa shape index (κ2) is 10.1. The molecule has 1 amide bonds. The molecule has 1 fully saturated rings. The highest BCUT2D eigenvalue weighted by atomic mass is 16.5. The van der Waals surface area contributed by atoms with Gasteiger partial charge in [-0.1, -0.05) is 25.9 Å². The lowest BCUT2D eigenvalue weighted by atomic mass is 9.96. The number of ether oxygens (including phenoxy) is 2. The van der Waals surface area contributed by atoms with Crippen molar-refractivity contribution in [3.63, 3.8) is 0 Å². The molecule has 0 atom stereocenters. The van der Waals surface area contributed by atoms with E-state index in [0.717, 1.165) is 49.8 Å². The van der Waals surface area contributed by atoms with Crippen LogP contribution in [0.3, 0.4) is 0 Å². The van der Waals surface area contributed by atoms with Gasteiger partial charge in [0.2, 0.25) is 11.8 Å². The van der Waals surface area contributed by atoms with Crippen LogP contribution >= 0.6 is 0 Å². The maximum Gasteiger partial charge on any atom is 0.226 e.